The summed E-state index contributed by atoms with van der Waals surface area (Å²) in [5.41, 5.74) is 2.96. The van der Waals surface area contributed by atoms with Gasteiger partial charge < -0.3 is 0 Å². The first-order valence-corrected chi connectivity index (χ1v) is 8.63. The van der Waals surface area contributed by atoms with E-state index in [9.17, 15) is 8.42 Å². The summed E-state index contributed by atoms with van der Waals surface area (Å²) >= 11 is 0. The van der Waals surface area contributed by atoms with Crippen molar-refractivity contribution in [1.29, 1.82) is 0 Å². The second-order valence-corrected chi connectivity index (χ2v) is 8.32. The molecule has 1 rings (SSSR count). The van der Waals surface area contributed by atoms with Crippen LogP contribution in [0.3, 0.4) is 0 Å². The van der Waals surface area contributed by atoms with Gasteiger partial charge in [-0.05, 0) is 18.4 Å². The lowest BCUT2D eigenvalue weighted by Crippen LogP contribution is -2.26. The van der Waals surface area contributed by atoms with Gasteiger partial charge in [-0.3, -0.25) is 0 Å². The second-order valence-electron chi connectivity index (χ2n) is 6.49. The molecule has 0 saturated heterocycles. The van der Waals surface area contributed by atoms with Crippen molar-refractivity contribution < 1.29 is 8.42 Å². The third-order valence-corrected chi connectivity index (χ3v) is 3.63. The third-order valence-electron chi connectivity index (χ3n) is 2.96. The number of sulfonamides is 1. The Kier molecular flexibility index (Phi) is 4.92. The number of hydrogen-bond donors (Lipinski definition) is 1. The predicted octanol–water partition coefficient (Wildman–Crippen LogP) is 2.26. The summed E-state index contributed by atoms with van der Waals surface area (Å²) in [4.78, 5) is 9.02. The molecule has 0 aliphatic carbocycles. The second kappa shape index (κ2) is 5.77. The molecule has 0 aliphatic heterocycles. The maximum absolute atomic E-state index is 11.2. The summed E-state index contributed by atoms with van der Waals surface area (Å²) in [5, 5.41) is 0. The van der Waals surface area contributed by atoms with Gasteiger partial charge in [-0.25, -0.2) is 23.1 Å². The molecular weight excluding hydrogens is 274 g/mol. The van der Waals surface area contributed by atoms with Crippen molar-refractivity contribution in [2.45, 2.75) is 59.4 Å². The van der Waals surface area contributed by atoms with Gasteiger partial charge in [-0.1, -0.05) is 34.6 Å². The Labute approximate surface area is 122 Å². The minimum Gasteiger partial charge on any atom is -0.237 e. The number of aromatic nitrogens is 2. The highest BCUT2D eigenvalue weighted by Crippen LogP contribution is 2.30. The fourth-order valence-electron chi connectivity index (χ4n) is 2.18. The van der Waals surface area contributed by atoms with Gasteiger partial charge in [-0.2, -0.15) is 0 Å². The van der Waals surface area contributed by atoms with E-state index in [1.54, 1.807) is 0 Å². The van der Waals surface area contributed by atoms with Gasteiger partial charge in [0.2, 0.25) is 10.0 Å². The summed E-state index contributed by atoms with van der Waals surface area (Å²) < 4.78 is 24.8. The maximum atomic E-state index is 11.2. The molecule has 0 radical (unpaired) electrons. The molecule has 1 aromatic rings. The van der Waals surface area contributed by atoms with E-state index < -0.39 is 10.0 Å². The molecule has 0 aromatic carbocycles. The fraction of sp³-hybridized carbons (Fsp3) is 0.714. The average Bonchev–Trinajstić information content (AvgIpc) is 2.22. The van der Waals surface area contributed by atoms with Gasteiger partial charge in [0.15, 0.2) is 0 Å². The molecule has 114 valence electrons. The standard InChI is InChI=1S/C14H25N3O2S/c1-9(2)12-10(3)16-11(8-15-20(7,18)19)17-13(12)14(4,5)6/h9,15H,8H2,1-7H3. The topological polar surface area (TPSA) is 72.0 Å². The van der Waals surface area contributed by atoms with Gasteiger partial charge in [0, 0.05) is 11.1 Å². The van der Waals surface area contributed by atoms with Gasteiger partial charge >= 0.3 is 0 Å². The van der Waals surface area contributed by atoms with E-state index in [2.05, 4.69) is 49.3 Å². The molecule has 0 aliphatic rings. The van der Waals surface area contributed by atoms with Crippen molar-refractivity contribution in [2.75, 3.05) is 6.26 Å². The number of nitrogens with one attached hydrogen (secondary N) is 1. The van der Waals surface area contributed by atoms with Crippen LogP contribution in [0.4, 0.5) is 0 Å². The molecule has 0 unspecified atom stereocenters. The van der Waals surface area contributed by atoms with E-state index >= 15 is 0 Å². The number of hydrogen-bond acceptors (Lipinski definition) is 4. The van der Waals surface area contributed by atoms with Gasteiger partial charge in [0.1, 0.15) is 5.82 Å². The first-order chi connectivity index (χ1) is 8.92. The Hall–Kier alpha value is -1.01. The molecule has 5 nitrogen and oxygen atoms in total. The molecule has 20 heavy (non-hydrogen) atoms. The lowest BCUT2D eigenvalue weighted by molar-refractivity contribution is 0.541. The van der Waals surface area contributed by atoms with Crippen molar-refractivity contribution in [3.63, 3.8) is 0 Å². The van der Waals surface area contributed by atoms with Crippen LogP contribution in [0.5, 0.6) is 0 Å². The normalized spacial score (nSPS) is 13.0. The smallest absolute Gasteiger partial charge is 0.209 e. The summed E-state index contributed by atoms with van der Waals surface area (Å²) in [6, 6.07) is 0. The van der Waals surface area contributed by atoms with Crippen LogP contribution in [-0.4, -0.2) is 24.6 Å². The Morgan fingerprint density at radius 2 is 1.75 bits per heavy atom. The Balaban J connectivity index is 3.29. The van der Waals surface area contributed by atoms with E-state index in [0.29, 0.717) is 11.7 Å². The third kappa shape index (κ3) is 4.52. The monoisotopic (exact) mass is 299 g/mol. The molecule has 0 bridgehead atoms. The fourth-order valence-corrected chi connectivity index (χ4v) is 2.57. The minimum absolute atomic E-state index is 0.104. The molecule has 6 heteroatoms. The highest BCUT2D eigenvalue weighted by molar-refractivity contribution is 7.88. The molecule has 0 amide bonds. The molecule has 1 heterocycles. The van der Waals surface area contributed by atoms with Crippen LogP contribution in [0, 0.1) is 6.92 Å². The molecule has 0 fully saturated rings. The molecule has 1 N–H and O–H groups in total. The van der Waals surface area contributed by atoms with E-state index in [1.165, 1.54) is 0 Å². The van der Waals surface area contributed by atoms with Crippen molar-refractivity contribution in [3.05, 3.63) is 22.8 Å². The van der Waals surface area contributed by atoms with Crippen molar-refractivity contribution in [1.82, 2.24) is 14.7 Å². The number of aryl methyl sites for hydroxylation is 1. The first kappa shape index (κ1) is 17.0. The minimum atomic E-state index is -3.24. The van der Waals surface area contributed by atoms with Gasteiger partial charge in [0.25, 0.3) is 0 Å². The largest absolute Gasteiger partial charge is 0.237 e. The van der Waals surface area contributed by atoms with Crippen LogP contribution in [0.2, 0.25) is 0 Å². The van der Waals surface area contributed by atoms with E-state index in [-0.39, 0.29) is 12.0 Å². The summed E-state index contributed by atoms with van der Waals surface area (Å²) in [6.07, 6.45) is 1.13. The van der Waals surface area contributed by atoms with Gasteiger partial charge in [-0.15, -0.1) is 0 Å². The zero-order valence-electron chi connectivity index (χ0n) is 13.4. The van der Waals surface area contributed by atoms with Gasteiger partial charge in [0.05, 0.1) is 18.5 Å². The van der Waals surface area contributed by atoms with Crippen LogP contribution < -0.4 is 4.72 Å². The SMILES string of the molecule is Cc1nc(CNS(C)(=O)=O)nc(C(C)(C)C)c1C(C)C. The summed E-state index contributed by atoms with van der Waals surface area (Å²) in [6.45, 7) is 12.6. The number of rotatable bonds is 4. The summed E-state index contributed by atoms with van der Waals surface area (Å²) in [5.74, 6) is 0.850. The molecule has 0 saturated carbocycles. The molecule has 1 aromatic heterocycles. The number of nitrogens with zero attached hydrogens (tertiary/aromatic N) is 2. The molecule has 0 atom stereocenters. The van der Waals surface area contributed by atoms with Crippen molar-refractivity contribution >= 4 is 10.0 Å². The van der Waals surface area contributed by atoms with Crippen LogP contribution in [-0.2, 0) is 22.0 Å². The van der Waals surface area contributed by atoms with E-state index in [1.807, 2.05) is 6.92 Å². The van der Waals surface area contributed by atoms with E-state index in [4.69, 9.17) is 0 Å². The zero-order chi connectivity index (χ0) is 15.7. The first-order valence-electron chi connectivity index (χ1n) is 6.74. The molecule has 0 spiro atoms. The van der Waals surface area contributed by atoms with Crippen LogP contribution in [0.25, 0.3) is 0 Å². The Bertz CT molecular complexity index is 587. The van der Waals surface area contributed by atoms with E-state index in [0.717, 1.165) is 23.2 Å². The van der Waals surface area contributed by atoms with Crippen LogP contribution in [0.15, 0.2) is 0 Å². The quantitative estimate of drug-likeness (QED) is 0.925. The van der Waals surface area contributed by atoms with Crippen molar-refractivity contribution in [3.8, 4) is 0 Å². The Morgan fingerprint density at radius 3 is 2.15 bits per heavy atom. The zero-order valence-corrected chi connectivity index (χ0v) is 14.2. The maximum Gasteiger partial charge on any atom is 0.209 e. The highest BCUT2D eigenvalue weighted by Gasteiger charge is 2.24. The highest BCUT2D eigenvalue weighted by atomic mass is 32.2. The van der Waals surface area contributed by atoms with Crippen LogP contribution in [0.1, 0.15) is 63.3 Å². The molecular formula is C14H25N3O2S. The Morgan fingerprint density at radius 1 is 1.20 bits per heavy atom. The van der Waals surface area contributed by atoms with Crippen LogP contribution >= 0.6 is 0 Å². The lowest BCUT2D eigenvalue weighted by atomic mass is 9.84. The predicted molar refractivity (Wildman–Crippen MR) is 81.2 cm³/mol. The summed E-state index contributed by atoms with van der Waals surface area (Å²) in [7, 11) is -3.24. The van der Waals surface area contributed by atoms with Crippen molar-refractivity contribution in [2.24, 2.45) is 0 Å². The lowest BCUT2D eigenvalue weighted by Gasteiger charge is -2.25. The average molecular weight is 299 g/mol.